The van der Waals surface area contributed by atoms with E-state index in [1.54, 1.807) is 0 Å². The maximum atomic E-state index is 5.38. The third-order valence-corrected chi connectivity index (χ3v) is 3.47. The molecule has 88 valence electrons. The van der Waals surface area contributed by atoms with Crippen molar-refractivity contribution in [3.8, 4) is 0 Å². The van der Waals surface area contributed by atoms with E-state index >= 15 is 0 Å². The van der Waals surface area contributed by atoms with Crippen molar-refractivity contribution in [1.82, 2.24) is 15.5 Å². The fraction of sp³-hybridized carbons (Fsp3) is 1.00. The number of ether oxygens (including phenoxy) is 1. The van der Waals surface area contributed by atoms with E-state index in [1.807, 2.05) is 0 Å². The molecule has 2 N–H and O–H groups in total. The number of nitrogens with zero attached hydrogens (tertiary/aromatic N) is 1. The summed E-state index contributed by atoms with van der Waals surface area (Å²) in [6.45, 7) is 11.9. The van der Waals surface area contributed by atoms with Crippen molar-refractivity contribution < 1.29 is 4.74 Å². The number of hydrogen-bond donors (Lipinski definition) is 2. The number of rotatable bonds is 4. The fourth-order valence-electron chi connectivity index (χ4n) is 2.11. The third kappa shape index (κ3) is 2.91. The van der Waals surface area contributed by atoms with Crippen molar-refractivity contribution in [1.29, 1.82) is 0 Å². The molecular weight excluding hydrogens is 190 g/mol. The molecule has 2 aliphatic heterocycles. The highest BCUT2D eigenvalue weighted by Gasteiger charge is 2.29. The minimum Gasteiger partial charge on any atom is -0.379 e. The Morgan fingerprint density at radius 3 is 2.53 bits per heavy atom. The molecule has 2 aliphatic rings. The molecule has 2 heterocycles. The van der Waals surface area contributed by atoms with Crippen molar-refractivity contribution >= 4 is 0 Å². The van der Waals surface area contributed by atoms with Gasteiger partial charge in [-0.2, -0.15) is 0 Å². The first-order valence-electron chi connectivity index (χ1n) is 5.95. The van der Waals surface area contributed by atoms with Crippen molar-refractivity contribution in [3.05, 3.63) is 0 Å². The Morgan fingerprint density at radius 1 is 1.33 bits per heavy atom. The van der Waals surface area contributed by atoms with Crippen LogP contribution < -0.4 is 10.6 Å². The van der Waals surface area contributed by atoms with Crippen LogP contribution in [0.5, 0.6) is 0 Å². The normalized spacial score (nSPS) is 25.2. The second-order valence-corrected chi connectivity index (χ2v) is 5.15. The highest BCUT2D eigenvalue weighted by molar-refractivity contribution is 4.89. The number of morpholine rings is 1. The zero-order valence-electron chi connectivity index (χ0n) is 9.88. The van der Waals surface area contributed by atoms with Crippen LogP contribution in [0.4, 0.5) is 0 Å². The summed E-state index contributed by atoms with van der Waals surface area (Å²) < 4.78 is 5.38. The molecule has 4 heteroatoms. The van der Waals surface area contributed by atoms with Gasteiger partial charge < -0.3 is 15.4 Å². The maximum absolute atomic E-state index is 5.38. The van der Waals surface area contributed by atoms with Gasteiger partial charge in [-0.3, -0.25) is 4.90 Å². The largest absolute Gasteiger partial charge is 0.379 e. The van der Waals surface area contributed by atoms with E-state index in [-0.39, 0.29) is 5.54 Å². The van der Waals surface area contributed by atoms with Gasteiger partial charge in [-0.15, -0.1) is 0 Å². The highest BCUT2D eigenvalue weighted by atomic mass is 16.5. The Morgan fingerprint density at radius 2 is 2.00 bits per heavy atom. The van der Waals surface area contributed by atoms with Crippen molar-refractivity contribution in [2.75, 3.05) is 45.9 Å². The molecule has 2 saturated heterocycles. The van der Waals surface area contributed by atoms with E-state index in [9.17, 15) is 0 Å². The second-order valence-electron chi connectivity index (χ2n) is 5.15. The first-order chi connectivity index (χ1) is 7.18. The lowest BCUT2D eigenvalue weighted by Crippen LogP contribution is -2.61. The van der Waals surface area contributed by atoms with Gasteiger partial charge in [0.2, 0.25) is 0 Å². The molecule has 0 unspecified atom stereocenters. The second kappa shape index (κ2) is 4.78. The fourth-order valence-corrected chi connectivity index (χ4v) is 2.11. The van der Waals surface area contributed by atoms with Crippen LogP contribution in [0.15, 0.2) is 0 Å². The summed E-state index contributed by atoms with van der Waals surface area (Å²) >= 11 is 0. The zero-order valence-corrected chi connectivity index (χ0v) is 9.88. The van der Waals surface area contributed by atoms with Crippen LogP contribution >= 0.6 is 0 Å². The van der Waals surface area contributed by atoms with Crippen LogP contribution in [0.3, 0.4) is 0 Å². The highest BCUT2D eigenvalue weighted by Crippen LogP contribution is 2.15. The number of hydrogen-bond acceptors (Lipinski definition) is 4. The molecule has 0 aliphatic carbocycles. The van der Waals surface area contributed by atoms with Crippen LogP contribution in [0, 0.1) is 0 Å². The molecule has 2 rings (SSSR count). The molecule has 0 saturated carbocycles. The topological polar surface area (TPSA) is 36.5 Å². The van der Waals surface area contributed by atoms with E-state index in [0.29, 0.717) is 6.04 Å². The van der Waals surface area contributed by atoms with Crippen LogP contribution in [0.2, 0.25) is 0 Å². The Labute approximate surface area is 92.4 Å². The predicted molar refractivity (Wildman–Crippen MR) is 61.1 cm³/mol. The summed E-state index contributed by atoms with van der Waals surface area (Å²) in [4.78, 5) is 2.52. The molecule has 0 amide bonds. The number of nitrogens with one attached hydrogen (secondary N) is 2. The summed E-state index contributed by atoms with van der Waals surface area (Å²) in [5, 5.41) is 6.89. The lowest BCUT2D eigenvalue weighted by molar-refractivity contribution is -0.0108. The Bertz CT molecular complexity index is 198. The average molecular weight is 213 g/mol. The molecule has 0 bridgehead atoms. The molecule has 0 aromatic heterocycles. The summed E-state index contributed by atoms with van der Waals surface area (Å²) in [6, 6.07) is 0.685. The van der Waals surface area contributed by atoms with Crippen LogP contribution in [-0.2, 0) is 4.74 Å². The first-order valence-corrected chi connectivity index (χ1v) is 5.95. The predicted octanol–water partition coefficient (Wildman–Crippen LogP) is -0.341. The van der Waals surface area contributed by atoms with E-state index in [1.165, 1.54) is 0 Å². The van der Waals surface area contributed by atoms with Crippen LogP contribution in [0.1, 0.15) is 13.8 Å². The zero-order chi connectivity index (χ0) is 10.7. The van der Waals surface area contributed by atoms with Gasteiger partial charge >= 0.3 is 0 Å². The summed E-state index contributed by atoms with van der Waals surface area (Å²) in [6.07, 6.45) is 0. The van der Waals surface area contributed by atoms with Crippen molar-refractivity contribution in [2.45, 2.75) is 25.4 Å². The van der Waals surface area contributed by atoms with Gasteiger partial charge in [0.25, 0.3) is 0 Å². The summed E-state index contributed by atoms with van der Waals surface area (Å²) in [7, 11) is 0. The van der Waals surface area contributed by atoms with Crippen molar-refractivity contribution in [3.63, 3.8) is 0 Å². The summed E-state index contributed by atoms with van der Waals surface area (Å²) in [5.74, 6) is 0. The molecule has 0 spiro atoms. The molecular formula is C11H23N3O. The molecule has 0 aromatic rings. The Kier molecular flexibility index (Phi) is 3.61. The van der Waals surface area contributed by atoms with E-state index < -0.39 is 0 Å². The average Bonchev–Trinajstić information content (AvgIpc) is 2.16. The standard InChI is InChI=1S/C11H23N3O/c1-11(2,9-13-10-7-12-8-10)14-3-5-15-6-4-14/h10,12-13H,3-9H2,1-2H3. The Hall–Kier alpha value is -0.160. The van der Waals surface area contributed by atoms with E-state index in [4.69, 9.17) is 4.74 Å². The minimum atomic E-state index is 0.249. The van der Waals surface area contributed by atoms with Crippen LogP contribution in [0.25, 0.3) is 0 Å². The van der Waals surface area contributed by atoms with Gasteiger partial charge in [0, 0.05) is 44.3 Å². The quantitative estimate of drug-likeness (QED) is 0.670. The molecule has 0 aromatic carbocycles. The van der Waals surface area contributed by atoms with Gasteiger partial charge in [-0.05, 0) is 13.8 Å². The van der Waals surface area contributed by atoms with Gasteiger partial charge in [0.1, 0.15) is 0 Å². The molecule has 4 nitrogen and oxygen atoms in total. The SMILES string of the molecule is CC(C)(CNC1CNC1)N1CCOCC1. The maximum Gasteiger partial charge on any atom is 0.0594 e. The lowest BCUT2D eigenvalue weighted by atomic mass is 10.0. The Balaban J connectivity index is 1.75. The van der Waals surface area contributed by atoms with Gasteiger partial charge in [-0.1, -0.05) is 0 Å². The first kappa shape index (κ1) is 11.3. The van der Waals surface area contributed by atoms with Gasteiger partial charge in [0.05, 0.1) is 13.2 Å². The third-order valence-electron chi connectivity index (χ3n) is 3.47. The van der Waals surface area contributed by atoms with Crippen LogP contribution in [-0.4, -0.2) is 62.4 Å². The summed E-state index contributed by atoms with van der Waals surface area (Å²) in [5.41, 5.74) is 0.249. The van der Waals surface area contributed by atoms with E-state index in [0.717, 1.165) is 45.9 Å². The van der Waals surface area contributed by atoms with Gasteiger partial charge in [-0.25, -0.2) is 0 Å². The molecule has 0 radical (unpaired) electrons. The molecule has 15 heavy (non-hydrogen) atoms. The molecule has 0 atom stereocenters. The lowest BCUT2D eigenvalue weighted by Gasteiger charge is -2.42. The van der Waals surface area contributed by atoms with E-state index in [2.05, 4.69) is 29.4 Å². The smallest absolute Gasteiger partial charge is 0.0594 e. The monoisotopic (exact) mass is 213 g/mol. The minimum absolute atomic E-state index is 0.249. The van der Waals surface area contributed by atoms with Crippen molar-refractivity contribution in [2.24, 2.45) is 0 Å². The molecule has 2 fully saturated rings. The van der Waals surface area contributed by atoms with Gasteiger partial charge in [0.15, 0.2) is 0 Å².